The lowest BCUT2D eigenvalue weighted by Crippen LogP contribution is -2.42. The van der Waals surface area contributed by atoms with Crippen LogP contribution in [-0.4, -0.2) is 43.5 Å². The van der Waals surface area contributed by atoms with Gasteiger partial charge in [0.15, 0.2) is 9.84 Å². The number of fused-ring (bicyclic) bond motifs is 2. The lowest BCUT2D eigenvalue weighted by atomic mass is 9.92. The minimum atomic E-state index is -2.75. The van der Waals surface area contributed by atoms with Crippen molar-refractivity contribution in [3.63, 3.8) is 0 Å². The van der Waals surface area contributed by atoms with Crippen molar-refractivity contribution >= 4 is 9.84 Å². The summed E-state index contributed by atoms with van der Waals surface area (Å²) < 4.78 is 23.4. The van der Waals surface area contributed by atoms with E-state index in [0.29, 0.717) is 23.6 Å². The molecular weight excluding hydrogens is 258 g/mol. The molecular formula is C15H23NO2S. The molecule has 3 fully saturated rings. The third kappa shape index (κ3) is 2.38. The van der Waals surface area contributed by atoms with Gasteiger partial charge in [0.05, 0.1) is 11.5 Å². The Morgan fingerprint density at radius 3 is 2.42 bits per heavy atom. The van der Waals surface area contributed by atoms with Crippen LogP contribution in [0.3, 0.4) is 0 Å². The third-order valence-corrected chi connectivity index (χ3v) is 7.31. The summed E-state index contributed by atoms with van der Waals surface area (Å²) in [7, 11) is -2.75. The quantitative estimate of drug-likeness (QED) is 0.738. The highest BCUT2D eigenvalue weighted by atomic mass is 32.2. The first-order valence-corrected chi connectivity index (χ1v) is 9.57. The Morgan fingerprint density at radius 2 is 1.89 bits per heavy atom. The van der Waals surface area contributed by atoms with Crippen molar-refractivity contribution in [1.29, 1.82) is 0 Å². The summed E-state index contributed by atoms with van der Waals surface area (Å²) in [6.07, 6.45) is 10.9. The number of allylic oxidation sites excluding steroid dienone is 2. The number of sulfone groups is 1. The first kappa shape index (κ1) is 12.4. The highest BCUT2D eigenvalue weighted by molar-refractivity contribution is 7.91. The maximum absolute atomic E-state index is 11.7. The van der Waals surface area contributed by atoms with E-state index in [0.717, 1.165) is 30.7 Å². The maximum Gasteiger partial charge on any atom is 0.151 e. The van der Waals surface area contributed by atoms with Crippen LogP contribution in [0.5, 0.6) is 0 Å². The molecule has 4 heteroatoms. The molecule has 0 aromatic heterocycles. The SMILES string of the molecule is O=S1(=O)CCC(N(CC2CC3C=CC2C3)C2CC2)C1. The van der Waals surface area contributed by atoms with Crippen LogP contribution in [0.25, 0.3) is 0 Å². The molecule has 1 heterocycles. The van der Waals surface area contributed by atoms with Gasteiger partial charge in [-0.25, -0.2) is 8.42 Å². The highest BCUT2D eigenvalue weighted by Crippen LogP contribution is 2.45. The van der Waals surface area contributed by atoms with Gasteiger partial charge < -0.3 is 0 Å². The fraction of sp³-hybridized carbons (Fsp3) is 0.867. The molecule has 0 aromatic rings. The zero-order chi connectivity index (χ0) is 13.0. The molecule has 2 bridgehead atoms. The predicted molar refractivity (Wildman–Crippen MR) is 75.6 cm³/mol. The van der Waals surface area contributed by atoms with Crippen molar-refractivity contribution in [3.05, 3.63) is 12.2 Å². The second kappa shape index (κ2) is 4.32. The van der Waals surface area contributed by atoms with Crippen LogP contribution < -0.4 is 0 Å². The zero-order valence-electron chi connectivity index (χ0n) is 11.4. The Bertz CT molecular complexity index is 494. The van der Waals surface area contributed by atoms with Crippen LogP contribution in [0.4, 0.5) is 0 Å². The molecule has 0 radical (unpaired) electrons. The van der Waals surface area contributed by atoms with E-state index in [4.69, 9.17) is 0 Å². The number of rotatable bonds is 4. The van der Waals surface area contributed by atoms with Crippen molar-refractivity contribution in [1.82, 2.24) is 4.90 Å². The van der Waals surface area contributed by atoms with Gasteiger partial charge in [0, 0.05) is 18.6 Å². The second-order valence-electron chi connectivity index (χ2n) is 7.03. The van der Waals surface area contributed by atoms with Crippen LogP contribution in [0.2, 0.25) is 0 Å². The van der Waals surface area contributed by atoms with Crippen molar-refractivity contribution < 1.29 is 8.42 Å². The second-order valence-corrected chi connectivity index (χ2v) is 9.25. The van der Waals surface area contributed by atoms with Gasteiger partial charge in [0.25, 0.3) is 0 Å². The fourth-order valence-corrected chi connectivity index (χ4v) is 6.16. The smallest absolute Gasteiger partial charge is 0.151 e. The molecule has 0 amide bonds. The number of hydrogen-bond acceptors (Lipinski definition) is 3. The molecule has 3 aliphatic carbocycles. The van der Waals surface area contributed by atoms with Crippen molar-refractivity contribution in [2.24, 2.45) is 17.8 Å². The lowest BCUT2D eigenvalue weighted by Gasteiger charge is -2.32. The molecule has 0 spiro atoms. The van der Waals surface area contributed by atoms with E-state index in [1.54, 1.807) is 0 Å². The minimum Gasteiger partial charge on any atom is -0.296 e. The highest BCUT2D eigenvalue weighted by Gasteiger charge is 2.43. The summed E-state index contributed by atoms with van der Waals surface area (Å²) in [5, 5.41) is 0. The summed E-state index contributed by atoms with van der Waals surface area (Å²) in [6, 6.07) is 1.02. The molecule has 2 saturated carbocycles. The average molecular weight is 281 g/mol. The van der Waals surface area contributed by atoms with E-state index in [9.17, 15) is 8.42 Å². The van der Waals surface area contributed by atoms with Gasteiger partial charge in [-0.05, 0) is 49.9 Å². The monoisotopic (exact) mass is 281 g/mol. The predicted octanol–water partition coefficient (Wildman–Crippen LogP) is 1.85. The van der Waals surface area contributed by atoms with E-state index in [1.807, 2.05) is 0 Å². The van der Waals surface area contributed by atoms with Gasteiger partial charge in [-0.15, -0.1) is 0 Å². The number of hydrogen-bond donors (Lipinski definition) is 0. The van der Waals surface area contributed by atoms with Crippen LogP contribution in [0.15, 0.2) is 12.2 Å². The fourth-order valence-electron chi connectivity index (χ4n) is 4.41. The van der Waals surface area contributed by atoms with E-state index < -0.39 is 9.84 Å². The van der Waals surface area contributed by atoms with Crippen LogP contribution in [0, 0.1) is 17.8 Å². The molecule has 4 atom stereocenters. The van der Waals surface area contributed by atoms with Crippen LogP contribution >= 0.6 is 0 Å². The largest absolute Gasteiger partial charge is 0.296 e. The summed E-state index contributed by atoms with van der Waals surface area (Å²) in [6.45, 7) is 1.15. The molecule has 0 aromatic carbocycles. The Kier molecular flexibility index (Phi) is 2.82. The van der Waals surface area contributed by atoms with Gasteiger partial charge in [0.1, 0.15) is 0 Å². The molecule has 1 saturated heterocycles. The van der Waals surface area contributed by atoms with Gasteiger partial charge in [-0.2, -0.15) is 0 Å². The molecule has 4 unspecified atom stereocenters. The van der Waals surface area contributed by atoms with E-state index in [-0.39, 0.29) is 0 Å². The van der Waals surface area contributed by atoms with E-state index in [2.05, 4.69) is 17.1 Å². The molecule has 0 N–H and O–H groups in total. The summed E-state index contributed by atoms with van der Waals surface area (Å²) >= 11 is 0. The first-order chi connectivity index (χ1) is 9.11. The van der Waals surface area contributed by atoms with E-state index in [1.165, 1.54) is 25.7 Å². The molecule has 1 aliphatic heterocycles. The van der Waals surface area contributed by atoms with Crippen LogP contribution in [-0.2, 0) is 9.84 Å². The molecule has 19 heavy (non-hydrogen) atoms. The summed E-state index contributed by atoms with van der Waals surface area (Å²) in [5.74, 6) is 3.23. The minimum absolute atomic E-state index is 0.320. The average Bonchev–Trinajstić information content (AvgIpc) is 2.82. The van der Waals surface area contributed by atoms with E-state index >= 15 is 0 Å². The van der Waals surface area contributed by atoms with Crippen molar-refractivity contribution in [2.45, 2.75) is 44.2 Å². The standard InChI is InChI=1S/C15H23NO2S/c17-19(18)6-5-15(10-19)16(14-3-4-14)9-13-8-11-1-2-12(13)7-11/h1-2,11-15H,3-10H2. The van der Waals surface area contributed by atoms with Gasteiger partial charge in [-0.3, -0.25) is 4.90 Å². The Labute approximate surface area is 116 Å². The normalized spacial score (nSPS) is 43.4. The first-order valence-electron chi connectivity index (χ1n) is 7.75. The molecule has 4 aliphatic rings. The Morgan fingerprint density at radius 1 is 1.05 bits per heavy atom. The van der Waals surface area contributed by atoms with Crippen LogP contribution in [0.1, 0.15) is 32.1 Å². The molecule has 3 nitrogen and oxygen atoms in total. The van der Waals surface area contributed by atoms with Gasteiger partial charge >= 0.3 is 0 Å². The maximum atomic E-state index is 11.7. The van der Waals surface area contributed by atoms with Gasteiger partial charge in [-0.1, -0.05) is 12.2 Å². The van der Waals surface area contributed by atoms with Crippen molar-refractivity contribution in [3.8, 4) is 0 Å². The Balaban J connectivity index is 1.46. The topological polar surface area (TPSA) is 37.4 Å². The summed E-state index contributed by atoms with van der Waals surface area (Å²) in [5.41, 5.74) is 0. The number of nitrogens with zero attached hydrogens (tertiary/aromatic N) is 1. The lowest BCUT2D eigenvalue weighted by molar-refractivity contribution is 0.159. The summed E-state index contributed by atoms with van der Waals surface area (Å²) in [4.78, 5) is 2.57. The Hall–Kier alpha value is -0.350. The zero-order valence-corrected chi connectivity index (χ0v) is 12.2. The third-order valence-electron chi connectivity index (χ3n) is 5.56. The van der Waals surface area contributed by atoms with Gasteiger partial charge in [0.2, 0.25) is 0 Å². The van der Waals surface area contributed by atoms with Crippen molar-refractivity contribution in [2.75, 3.05) is 18.1 Å². The molecule has 106 valence electrons. The molecule has 4 rings (SSSR count).